The summed E-state index contributed by atoms with van der Waals surface area (Å²) in [5.41, 5.74) is 2.11. The summed E-state index contributed by atoms with van der Waals surface area (Å²) in [6.07, 6.45) is 3.27. The highest BCUT2D eigenvalue weighted by Crippen LogP contribution is 2.18. The molecule has 1 aliphatic rings. The van der Waals surface area contributed by atoms with Crippen molar-refractivity contribution < 1.29 is 14.6 Å². The fraction of sp³-hybridized carbons (Fsp3) is 0.562. The summed E-state index contributed by atoms with van der Waals surface area (Å²) in [6.45, 7) is 0.981. The molecule has 2 rings (SSSR count). The Morgan fingerprint density at radius 2 is 2.00 bits per heavy atom. The number of methoxy groups -OCH3 is 1. The summed E-state index contributed by atoms with van der Waals surface area (Å²) in [6, 6.07) is 7.50. The average molecular weight is 292 g/mol. The molecular weight excluding hydrogens is 268 g/mol. The lowest BCUT2D eigenvalue weighted by molar-refractivity contribution is 0.0943. The molecule has 1 aromatic rings. The van der Waals surface area contributed by atoms with Crippen LogP contribution in [-0.2, 0) is 17.9 Å². The zero-order valence-electron chi connectivity index (χ0n) is 12.5. The second kappa shape index (κ2) is 8.00. The first-order valence-electron chi connectivity index (χ1n) is 7.49. The van der Waals surface area contributed by atoms with Gasteiger partial charge in [-0.25, -0.2) is 4.79 Å². The van der Waals surface area contributed by atoms with Crippen LogP contribution in [0.1, 0.15) is 36.8 Å². The number of benzene rings is 1. The van der Waals surface area contributed by atoms with E-state index in [4.69, 9.17) is 4.74 Å². The number of nitrogens with one attached hydrogen (secondary N) is 2. The molecule has 116 valence electrons. The van der Waals surface area contributed by atoms with Crippen molar-refractivity contribution in [2.24, 2.45) is 0 Å². The number of aliphatic hydroxyl groups excluding tert-OH is 1. The summed E-state index contributed by atoms with van der Waals surface area (Å²) in [4.78, 5) is 11.9. The third kappa shape index (κ3) is 4.72. The number of aliphatic hydroxyl groups is 1. The molecule has 0 aliphatic heterocycles. The first-order chi connectivity index (χ1) is 10.2. The number of hydrogen-bond acceptors (Lipinski definition) is 3. The van der Waals surface area contributed by atoms with E-state index in [1.807, 2.05) is 24.3 Å². The van der Waals surface area contributed by atoms with Gasteiger partial charge in [-0.15, -0.1) is 0 Å². The molecule has 21 heavy (non-hydrogen) atoms. The Hall–Kier alpha value is -1.59. The van der Waals surface area contributed by atoms with Crippen molar-refractivity contribution in [2.75, 3.05) is 7.11 Å². The van der Waals surface area contributed by atoms with Crippen molar-refractivity contribution in [3.05, 3.63) is 35.4 Å². The summed E-state index contributed by atoms with van der Waals surface area (Å²) in [5.74, 6) is 0. The van der Waals surface area contributed by atoms with Crippen molar-refractivity contribution in [3.63, 3.8) is 0 Å². The van der Waals surface area contributed by atoms with Crippen LogP contribution in [0, 0.1) is 0 Å². The quantitative estimate of drug-likeness (QED) is 0.776. The first-order valence-corrected chi connectivity index (χ1v) is 7.49. The molecule has 0 saturated heterocycles. The highest BCUT2D eigenvalue weighted by atomic mass is 16.5. The molecule has 2 amide bonds. The van der Waals surface area contributed by atoms with Gasteiger partial charge in [0.05, 0.1) is 18.8 Å². The Kier molecular flexibility index (Phi) is 6.02. The summed E-state index contributed by atoms with van der Waals surface area (Å²) in [5, 5.41) is 15.6. The molecule has 0 bridgehead atoms. The maximum Gasteiger partial charge on any atom is 0.315 e. The van der Waals surface area contributed by atoms with Crippen LogP contribution in [0.4, 0.5) is 4.79 Å². The molecule has 2 atom stereocenters. The Morgan fingerprint density at radius 1 is 1.29 bits per heavy atom. The molecule has 2 unspecified atom stereocenters. The molecule has 0 aromatic heterocycles. The monoisotopic (exact) mass is 292 g/mol. The number of amides is 2. The third-order valence-corrected chi connectivity index (χ3v) is 3.90. The molecule has 5 heteroatoms. The molecule has 1 aliphatic carbocycles. The minimum absolute atomic E-state index is 0.132. The van der Waals surface area contributed by atoms with Gasteiger partial charge in [-0.1, -0.05) is 37.1 Å². The molecule has 5 nitrogen and oxygen atoms in total. The lowest BCUT2D eigenvalue weighted by Crippen LogP contribution is -2.48. The van der Waals surface area contributed by atoms with E-state index < -0.39 is 6.10 Å². The number of hydrogen-bond donors (Lipinski definition) is 3. The van der Waals surface area contributed by atoms with E-state index in [-0.39, 0.29) is 12.1 Å². The standard InChI is InChI=1S/C16H24N2O3/c1-21-11-13-7-3-2-6-12(13)10-17-16(20)18-14-8-4-5-9-15(14)19/h2-3,6-7,14-15,19H,4-5,8-11H2,1H3,(H2,17,18,20). The second-order valence-corrected chi connectivity index (χ2v) is 5.49. The third-order valence-electron chi connectivity index (χ3n) is 3.90. The lowest BCUT2D eigenvalue weighted by atomic mass is 9.93. The van der Waals surface area contributed by atoms with Gasteiger partial charge in [0.2, 0.25) is 0 Å². The minimum atomic E-state index is -0.426. The molecule has 1 fully saturated rings. The Morgan fingerprint density at radius 3 is 2.71 bits per heavy atom. The first kappa shape index (κ1) is 15.8. The van der Waals surface area contributed by atoms with Crippen LogP contribution in [0.5, 0.6) is 0 Å². The molecule has 1 aromatic carbocycles. The molecule has 1 saturated carbocycles. The normalized spacial score (nSPS) is 21.8. The van der Waals surface area contributed by atoms with Gasteiger partial charge in [-0.3, -0.25) is 0 Å². The van der Waals surface area contributed by atoms with Crippen molar-refractivity contribution in [1.29, 1.82) is 0 Å². The molecule has 0 spiro atoms. The summed E-state index contributed by atoms with van der Waals surface area (Å²) >= 11 is 0. The number of ether oxygens (including phenoxy) is 1. The maximum atomic E-state index is 11.9. The number of rotatable bonds is 5. The molecular formula is C16H24N2O3. The topological polar surface area (TPSA) is 70.6 Å². The Balaban J connectivity index is 1.83. The number of urea groups is 1. The van der Waals surface area contributed by atoms with Gasteiger partial charge in [0, 0.05) is 13.7 Å². The van der Waals surface area contributed by atoms with Crippen molar-refractivity contribution >= 4 is 6.03 Å². The van der Waals surface area contributed by atoms with Crippen molar-refractivity contribution in [2.45, 2.75) is 51.0 Å². The van der Waals surface area contributed by atoms with E-state index in [2.05, 4.69) is 10.6 Å². The SMILES string of the molecule is COCc1ccccc1CNC(=O)NC1CCCCC1O. The van der Waals surface area contributed by atoms with Crippen LogP contribution in [-0.4, -0.2) is 30.4 Å². The van der Waals surface area contributed by atoms with Gasteiger partial charge in [0.25, 0.3) is 0 Å². The van der Waals surface area contributed by atoms with Crippen LogP contribution in [0.25, 0.3) is 0 Å². The molecule has 0 radical (unpaired) electrons. The highest BCUT2D eigenvalue weighted by molar-refractivity contribution is 5.74. The number of carbonyl (C=O) groups excluding carboxylic acids is 1. The second-order valence-electron chi connectivity index (χ2n) is 5.49. The van der Waals surface area contributed by atoms with E-state index in [0.29, 0.717) is 13.2 Å². The summed E-state index contributed by atoms with van der Waals surface area (Å²) < 4.78 is 5.15. The van der Waals surface area contributed by atoms with Crippen LogP contribution in [0.15, 0.2) is 24.3 Å². The van der Waals surface area contributed by atoms with E-state index in [1.54, 1.807) is 7.11 Å². The summed E-state index contributed by atoms with van der Waals surface area (Å²) in [7, 11) is 1.65. The van der Waals surface area contributed by atoms with E-state index in [9.17, 15) is 9.90 Å². The van der Waals surface area contributed by atoms with Crippen LogP contribution in [0.2, 0.25) is 0 Å². The predicted molar refractivity (Wildman–Crippen MR) is 80.8 cm³/mol. The zero-order chi connectivity index (χ0) is 15.1. The highest BCUT2D eigenvalue weighted by Gasteiger charge is 2.24. The van der Waals surface area contributed by atoms with E-state index in [0.717, 1.165) is 36.8 Å². The van der Waals surface area contributed by atoms with Gasteiger partial charge < -0.3 is 20.5 Å². The fourth-order valence-electron chi connectivity index (χ4n) is 2.70. The van der Waals surface area contributed by atoms with Crippen LogP contribution in [0.3, 0.4) is 0 Å². The average Bonchev–Trinajstić information content (AvgIpc) is 2.49. The van der Waals surface area contributed by atoms with Crippen LogP contribution < -0.4 is 10.6 Å². The Bertz CT molecular complexity index is 465. The maximum absolute atomic E-state index is 11.9. The lowest BCUT2D eigenvalue weighted by Gasteiger charge is -2.28. The van der Waals surface area contributed by atoms with E-state index >= 15 is 0 Å². The van der Waals surface area contributed by atoms with Gasteiger partial charge in [-0.2, -0.15) is 0 Å². The van der Waals surface area contributed by atoms with Gasteiger partial charge in [0.1, 0.15) is 0 Å². The predicted octanol–water partition coefficient (Wildman–Crippen LogP) is 1.94. The van der Waals surface area contributed by atoms with Gasteiger partial charge in [0.15, 0.2) is 0 Å². The van der Waals surface area contributed by atoms with E-state index in [1.165, 1.54) is 0 Å². The molecule has 3 N–H and O–H groups in total. The van der Waals surface area contributed by atoms with Crippen LogP contribution >= 0.6 is 0 Å². The fourth-order valence-corrected chi connectivity index (χ4v) is 2.70. The Labute approximate surface area is 125 Å². The number of carbonyl (C=O) groups is 1. The van der Waals surface area contributed by atoms with Crippen molar-refractivity contribution in [3.8, 4) is 0 Å². The zero-order valence-corrected chi connectivity index (χ0v) is 12.5. The largest absolute Gasteiger partial charge is 0.391 e. The smallest absolute Gasteiger partial charge is 0.315 e. The van der Waals surface area contributed by atoms with Gasteiger partial charge >= 0.3 is 6.03 Å². The van der Waals surface area contributed by atoms with Crippen molar-refractivity contribution in [1.82, 2.24) is 10.6 Å². The van der Waals surface area contributed by atoms with Gasteiger partial charge in [-0.05, 0) is 24.0 Å². The molecule has 0 heterocycles. The minimum Gasteiger partial charge on any atom is -0.391 e.